The van der Waals surface area contributed by atoms with E-state index >= 15 is 0 Å². The largest absolute Gasteiger partial charge is 0.321 e. The molecule has 0 fully saturated rings. The maximum atomic E-state index is 10.9. The fourth-order valence-electron chi connectivity index (χ4n) is 1.02. The topological polar surface area (TPSA) is 43.1 Å². The van der Waals surface area contributed by atoms with E-state index in [1.54, 1.807) is 0 Å². The van der Waals surface area contributed by atoms with Gasteiger partial charge in [0.15, 0.2) is 0 Å². The van der Waals surface area contributed by atoms with Crippen LogP contribution in [0.15, 0.2) is 28.7 Å². The normalized spacial score (nSPS) is 12.5. The van der Waals surface area contributed by atoms with E-state index < -0.39 is 0 Å². The Morgan fingerprint density at radius 2 is 2.00 bits per heavy atom. The van der Waals surface area contributed by atoms with Gasteiger partial charge in [-0.05, 0) is 31.0 Å². The standard InChI is InChI=1S/C10H12BrNO/c1-7(13)10(12)6-8-2-4-9(11)5-3-8/h2-5,10H,6,12H2,1H3. The second kappa shape index (κ2) is 4.53. The van der Waals surface area contributed by atoms with Gasteiger partial charge in [-0.1, -0.05) is 28.1 Å². The van der Waals surface area contributed by atoms with Gasteiger partial charge in [-0.3, -0.25) is 4.79 Å². The third kappa shape index (κ3) is 3.28. The summed E-state index contributed by atoms with van der Waals surface area (Å²) < 4.78 is 1.03. The Morgan fingerprint density at radius 3 is 2.46 bits per heavy atom. The number of Topliss-reactive ketones (excluding diaryl/α,β-unsaturated/α-hetero) is 1. The average Bonchev–Trinajstić information content (AvgIpc) is 2.08. The van der Waals surface area contributed by atoms with Crippen molar-refractivity contribution in [2.24, 2.45) is 5.73 Å². The molecule has 1 aromatic rings. The fourth-order valence-corrected chi connectivity index (χ4v) is 1.28. The van der Waals surface area contributed by atoms with Crippen LogP contribution in [0.3, 0.4) is 0 Å². The summed E-state index contributed by atoms with van der Waals surface area (Å²) in [6.07, 6.45) is 0.614. The molecule has 0 aromatic heterocycles. The summed E-state index contributed by atoms with van der Waals surface area (Å²) in [5.74, 6) is 0.0305. The first-order valence-electron chi connectivity index (χ1n) is 4.10. The minimum atomic E-state index is -0.374. The highest BCUT2D eigenvalue weighted by molar-refractivity contribution is 9.10. The van der Waals surface area contributed by atoms with Gasteiger partial charge in [0.05, 0.1) is 6.04 Å². The van der Waals surface area contributed by atoms with Crippen LogP contribution in [0.2, 0.25) is 0 Å². The molecule has 0 saturated heterocycles. The molecule has 3 heteroatoms. The Kier molecular flexibility index (Phi) is 3.63. The SMILES string of the molecule is CC(=O)C(N)Cc1ccc(Br)cc1. The third-order valence-corrected chi connectivity index (χ3v) is 2.42. The first-order valence-corrected chi connectivity index (χ1v) is 4.89. The second-order valence-corrected chi connectivity index (χ2v) is 3.96. The van der Waals surface area contributed by atoms with Crippen molar-refractivity contribution in [1.82, 2.24) is 0 Å². The molecule has 2 nitrogen and oxygen atoms in total. The molecule has 13 heavy (non-hydrogen) atoms. The molecule has 70 valence electrons. The highest BCUT2D eigenvalue weighted by atomic mass is 79.9. The van der Waals surface area contributed by atoms with Gasteiger partial charge in [0, 0.05) is 4.47 Å². The molecular weight excluding hydrogens is 230 g/mol. The van der Waals surface area contributed by atoms with Gasteiger partial charge in [0.25, 0.3) is 0 Å². The van der Waals surface area contributed by atoms with Gasteiger partial charge in [-0.15, -0.1) is 0 Å². The van der Waals surface area contributed by atoms with Crippen molar-refractivity contribution in [2.45, 2.75) is 19.4 Å². The van der Waals surface area contributed by atoms with Gasteiger partial charge in [0.1, 0.15) is 5.78 Å². The lowest BCUT2D eigenvalue weighted by molar-refractivity contribution is -0.118. The van der Waals surface area contributed by atoms with Gasteiger partial charge in [-0.25, -0.2) is 0 Å². The molecular formula is C10H12BrNO. The Labute approximate surface area is 86.3 Å². The van der Waals surface area contributed by atoms with Gasteiger partial charge >= 0.3 is 0 Å². The van der Waals surface area contributed by atoms with Crippen molar-refractivity contribution in [1.29, 1.82) is 0 Å². The maximum absolute atomic E-state index is 10.9. The summed E-state index contributed by atoms with van der Waals surface area (Å²) in [6, 6.07) is 7.45. The van der Waals surface area contributed by atoms with Gasteiger partial charge in [0.2, 0.25) is 0 Å². The fraction of sp³-hybridized carbons (Fsp3) is 0.300. The Morgan fingerprint density at radius 1 is 1.46 bits per heavy atom. The van der Waals surface area contributed by atoms with Crippen LogP contribution >= 0.6 is 15.9 Å². The number of rotatable bonds is 3. The first-order chi connectivity index (χ1) is 6.09. The van der Waals surface area contributed by atoms with Crippen LogP contribution in [0, 0.1) is 0 Å². The molecule has 0 spiro atoms. The van der Waals surface area contributed by atoms with E-state index in [-0.39, 0.29) is 11.8 Å². The first kappa shape index (κ1) is 10.4. The molecule has 0 heterocycles. The zero-order valence-corrected chi connectivity index (χ0v) is 9.04. The van der Waals surface area contributed by atoms with E-state index in [0.29, 0.717) is 6.42 Å². The van der Waals surface area contributed by atoms with Crippen LogP contribution in [-0.2, 0) is 11.2 Å². The lowest BCUT2D eigenvalue weighted by Gasteiger charge is -2.07. The lowest BCUT2D eigenvalue weighted by atomic mass is 10.0. The third-order valence-electron chi connectivity index (χ3n) is 1.89. The van der Waals surface area contributed by atoms with E-state index in [2.05, 4.69) is 15.9 Å². The summed E-state index contributed by atoms with van der Waals surface area (Å²) in [7, 11) is 0. The maximum Gasteiger partial charge on any atom is 0.146 e. The number of ketones is 1. The van der Waals surface area contributed by atoms with Gasteiger partial charge in [-0.2, -0.15) is 0 Å². The number of benzene rings is 1. The molecule has 1 atom stereocenters. The Hall–Kier alpha value is -0.670. The van der Waals surface area contributed by atoms with Crippen molar-refractivity contribution >= 4 is 21.7 Å². The smallest absolute Gasteiger partial charge is 0.146 e. The molecule has 0 aliphatic heterocycles. The predicted molar refractivity (Wildman–Crippen MR) is 56.5 cm³/mol. The molecule has 0 aliphatic rings. The second-order valence-electron chi connectivity index (χ2n) is 3.05. The average molecular weight is 242 g/mol. The van der Waals surface area contributed by atoms with Crippen LogP contribution in [0.4, 0.5) is 0 Å². The van der Waals surface area contributed by atoms with E-state index in [9.17, 15) is 4.79 Å². The summed E-state index contributed by atoms with van der Waals surface area (Å²) >= 11 is 3.34. The molecule has 2 N–H and O–H groups in total. The summed E-state index contributed by atoms with van der Waals surface area (Å²) in [4.78, 5) is 10.9. The number of halogens is 1. The molecule has 0 bridgehead atoms. The highest BCUT2D eigenvalue weighted by Crippen LogP contribution is 2.11. The number of hydrogen-bond acceptors (Lipinski definition) is 2. The van der Waals surface area contributed by atoms with Crippen molar-refractivity contribution in [3.05, 3.63) is 34.3 Å². The van der Waals surface area contributed by atoms with Crippen LogP contribution < -0.4 is 5.73 Å². The van der Waals surface area contributed by atoms with Crippen LogP contribution in [-0.4, -0.2) is 11.8 Å². The quantitative estimate of drug-likeness (QED) is 0.879. The predicted octanol–water partition coefficient (Wildman–Crippen LogP) is 1.91. The molecule has 1 unspecified atom stereocenters. The summed E-state index contributed by atoms with van der Waals surface area (Å²) in [5, 5.41) is 0. The Bertz CT molecular complexity index is 294. The van der Waals surface area contributed by atoms with E-state index in [0.717, 1.165) is 10.0 Å². The van der Waals surface area contributed by atoms with Crippen molar-refractivity contribution in [3.8, 4) is 0 Å². The zero-order chi connectivity index (χ0) is 9.84. The summed E-state index contributed by atoms with van der Waals surface area (Å²) in [5.41, 5.74) is 6.71. The molecule has 0 saturated carbocycles. The lowest BCUT2D eigenvalue weighted by Crippen LogP contribution is -2.30. The van der Waals surface area contributed by atoms with Crippen LogP contribution in [0.25, 0.3) is 0 Å². The highest BCUT2D eigenvalue weighted by Gasteiger charge is 2.08. The number of nitrogens with two attached hydrogens (primary N) is 1. The molecule has 0 radical (unpaired) electrons. The number of carbonyl (C=O) groups excluding carboxylic acids is 1. The molecule has 0 amide bonds. The minimum Gasteiger partial charge on any atom is -0.321 e. The van der Waals surface area contributed by atoms with Crippen molar-refractivity contribution in [3.63, 3.8) is 0 Å². The van der Waals surface area contributed by atoms with Crippen molar-refractivity contribution < 1.29 is 4.79 Å². The molecule has 0 aliphatic carbocycles. The minimum absolute atomic E-state index is 0.0305. The van der Waals surface area contributed by atoms with E-state index in [1.807, 2.05) is 24.3 Å². The summed E-state index contributed by atoms with van der Waals surface area (Å²) in [6.45, 7) is 1.52. The van der Waals surface area contributed by atoms with Crippen LogP contribution in [0.5, 0.6) is 0 Å². The van der Waals surface area contributed by atoms with E-state index in [4.69, 9.17) is 5.73 Å². The molecule has 1 aromatic carbocycles. The monoisotopic (exact) mass is 241 g/mol. The Balaban J connectivity index is 2.64. The van der Waals surface area contributed by atoms with Crippen LogP contribution in [0.1, 0.15) is 12.5 Å². The van der Waals surface area contributed by atoms with Gasteiger partial charge < -0.3 is 5.73 Å². The molecule has 1 rings (SSSR count). The van der Waals surface area contributed by atoms with Crippen molar-refractivity contribution in [2.75, 3.05) is 0 Å². The van der Waals surface area contributed by atoms with E-state index in [1.165, 1.54) is 6.92 Å². The number of hydrogen-bond donors (Lipinski definition) is 1. The zero-order valence-electron chi connectivity index (χ0n) is 7.46. The number of carbonyl (C=O) groups is 1.